The van der Waals surface area contributed by atoms with E-state index in [0.29, 0.717) is 5.76 Å². The molecule has 8 heavy (non-hydrogen) atoms. The van der Waals surface area contributed by atoms with Crippen LogP contribution >= 0.6 is 0 Å². The van der Waals surface area contributed by atoms with Gasteiger partial charge in [0.1, 0.15) is 12.4 Å². The van der Waals surface area contributed by atoms with Crippen molar-refractivity contribution < 1.29 is 9.52 Å². The van der Waals surface area contributed by atoms with Gasteiger partial charge in [-0.25, -0.2) is 0 Å². The van der Waals surface area contributed by atoms with Crippen molar-refractivity contribution in [3.63, 3.8) is 0 Å². The standard InChI is InChI=1S/C5H6O2.K/c6-4-5-2-1-3-7-5;/h1-3,6H,4H2;. The van der Waals surface area contributed by atoms with Gasteiger partial charge in [0.25, 0.3) is 0 Å². The third-order valence-corrected chi connectivity index (χ3v) is 0.736. The summed E-state index contributed by atoms with van der Waals surface area (Å²) in [5.74, 6) is 0.611. The molecule has 39 valence electrons. The second-order valence-electron chi connectivity index (χ2n) is 1.24. The summed E-state index contributed by atoms with van der Waals surface area (Å²) in [6.45, 7) is -0.00694. The van der Waals surface area contributed by atoms with E-state index in [1.54, 1.807) is 12.1 Å². The molecule has 0 atom stereocenters. The fraction of sp³-hybridized carbons (Fsp3) is 0.200. The van der Waals surface area contributed by atoms with Crippen molar-refractivity contribution in [1.29, 1.82) is 0 Å². The second kappa shape index (κ2) is 4.73. The minimum absolute atomic E-state index is 0. The number of furan rings is 1. The third-order valence-electron chi connectivity index (χ3n) is 0.736. The third kappa shape index (κ3) is 2.43. The molecule has 0 unspecified atom stereocenters. The molecule has 1 heterocycles. The first-order chi connectivity index (χ1) is 3.43. The Bertz CT molecular complexity index is 125. The van der Waals surface area contributed by atoms with Crippen LogP contribution in [0.1, 0.15) is 5.76 Å². The van der Waals surface area contributed by atoms with Crippen molar-refractivity contribution in [1.82, 2.24) is 0 Å². The van der Waals surface area contributed by atoms with Gasteiger partial charge in [-0.15, -0.1) is 0 Å². The minimum Gasteiger partial charge on any atom is -0.467 e. The molecule has 1 radical (unpaired) electrons. The van der Waals surface area contributed by atoms with Crippen molar-refractivity contribution >= 4 is 51.4 Å². The zero-order valence-corrected chi connectivity index (χ0v) is 7.92. The Hall–Kier alpha value is 0.876. The normalized spacial score (nSPS) is 8.12. The molecule has 1 N–H and O–H groups in total. The molecule has 0 saturated carbocycles. The van der Waals surface area contributed by atoms with Crippen LogP contribution in [0, 0.1) is 0 Å². The van der Waals surface area contributed by atoms with Crippen molar-refractivity contribution in [3.05, 3.63) is 24.2 Å². The molecule has 0 amide bonds. The van der Waals surface area contributed by atoms with Crippen LogP contribution in [0.2, 0.25) is 0 Å². The van der Waals surface area contributed by atoms with Crippen molar-refractivity contribution in [2.75, 3.05) is 0 Å². The molecule has 1 rings (SSSR count). The largest absolute Gasteiger partial charge is 0.467 e. The molecule has 3 heteroatoms. The Morgan fingerprint density at radius 1 is 1.62 bits per heavy atom. The number of rotatable bonds is 1. The summed E-state index contributed by atoms with van der Waals surface area (Å²) >= 11 is 0. The second-order valence-corrected chi connectivity index (χ2v) is 1.24. The molecule has 0 aliphatic rings. The Balaban J connectivity index is 0.000000490. The predicted molar refractivity (Wildman–Crippen MR) is 30.4 cm³/mol. The smallest absolute Gasteiger partial charge is 0.129 e. The van der Waals surface area contributed by atoms with Gasteiger partial charge in [0, 0.05) is 51.4 Å². The van der Waals surface area contributed by atoms with Crippen molar-refractivity contribution in [2.45, 2.75) is 6.61 Å². The maximum absolute atomic E-state index is 8.33. The fourth-order valence-corrected chi connectivity index (χ4v) is 0.403. The van der Waals surface area contributed by atoms with Crippen LogP contribution in [0.25, 0.3) is 0 Å². The summed E-state index contributed by atoms with van der Waals surface area (Å²) in [6, 6.07) is 3.46. The van der Waals surface area contributed by atoms with E-state index in [4.69, 9.17) is 9.52 Å². The van der Waals surface area contributed by atoms with Gasteiger partial charge in [-0.3, -0.25) is 0 Å². The van der Waals surface area contributed by atoms with E-state index in [1.807, 2.05) is 0 Å². The molecule has 0 fully saturated rings. The van der Waals surface area contributed by atoms with Gasteiger partial charge in [-0.05, 0) is 12.1 Å². The maximum Gasteiger partial charge on any atom is 0.129 e. The monoisotopic (exact) mass is 137 g/mol. The van der Waals surface area contributed by atoms with Crippen LogP contribution in [-0.2, 0) is 6.61 Å². The van der Waals surface area contributed by atoms with E-state index in [2.05, 4.69) is 0 Å². The zero-order valence-electron chi connectivity index (χ0n) is 4.79. The molecular weight excluding hydrogens is 131 g/mol. The first-order valence-corrected chi connectivity index (χ1v) is 2.06. The number of hydrogen-bond donors (Lipinski definition) is 1. The van der Waals surface area contributed by atoms with E-state index >= 15 is 0 Å². The Morgan fingerprint density at radius 3 is 2.62 bits per heavy atom. The van der Waals surface area contributed by atoms with Gasteiger partial charge in [-0.2, -0.15) is 0 Å². The van der Waals surface area contributed by atoms with E-state index < -0.39 is 0 Å². The quantitative estimate of drug-likeness (QED) is 0.568. The molecule has 0 aliphatic heterocycles. The molecule has 1 aromatic rings. The first-order valence-electron chi connectivity index (χ1n) is 2.06. The Labute approximate surface area is 90.3 Å². The molecule has 0 aliphatic carbocycles. The summed E-state index contributed by atoms with van der Waals surface area (Å²) in [4.78, 5) is 0. The number of hydrogen-bond acceptors (Lipinski definition) is 2. The van der Waals surface area contributed by atoms with Crippen LogP contribution in [0.5, 0.6) is 0 Å². The fourth-order valence-electron chi connectivity index (χ4n) is 0.403. The summed E-state index contributed by atoms with van der Waals surface area (Å²) in [7, 11) is 0. The van der Waals surface area contributed by atoms with E-state index in [1.165, 1.54) is 6.26 Å². The topological polar surface area (TPSA) is 33.4 Å². The molecule has 0 aromatic carbocycles. The van der Waals surface area contributed by atoms with Crippen LogP contribution in [0.4, 0.5) is 0 Å². The molecule has 1 aromatic heterocycles. The summed E-state index contributed by atoms with van der Waals surface area (Å²) < 4.78 is 4.73. The van der Waals surface area contributed by atoms with Gasteiger partial charge < -0.3 is 9.52 Å². The molecule has 2 nitrogen and oxygen atoms in total. The van der Waals surface area contributed by atoms with Gasteiger partial charge in [0.05, 0.1) is 6.26 Å². The predicted octanol–water partition coefficient (Wildman–Crippen LogP) is 0.391. The van der Waals surface area contributed by atoms with Crippen LogP contribution in [0.3, 0.4) is 0 Å². The average Bonchev–Trinajstić information content (AvgIpc) is 2.14. The Kier molecular flexibility index (Phi) is 5.24. The maximum atomic E-state index is 8.33. The minimum atomic E-state index is -0.00694. The van der Waals surface area contributed by atoms with E-state index in [-0.39, 0.29) is 58.0 Å². The van der Waals surface area contributed by atoms with E-state index in [9.17, 15) is 0 Å². The van der Waals surface area contributed by atoms with Crippen LogP contribution < -0.4 is 0 Å². The summed E-state index contributed by atoms with van der Waals surface area (Å²) in [6.07, 6.45) is 1.53. The first kappa shape index (κ1) is 8.88. The van der Waals surface area contributed by atoms with Gasteiger partial charge in [0.2, 0.25) is 0 Å². The van der Waals surface area contributed by atoms with E-state index in [0.717, 1.165) is 0 Å². The van der Waals surface area contributed by atoms with Crippen molar-refractivity contribution in [3.8, 4) is 0 Å². The molecule has 0 bridgehead atoms. The van der Waals surface area contributed by atoms with Gasteiger partial charge in [0.15, 0.2) is 0 Å². The molecular formula is C5H6KO2. The summed E-state index contributed by atoms with van der Waals surface area (Å²) in [5.41, 5.74) is 0. The number of aliphatic hydroxyl groups excluding tert-OH is 1. The SMILES string of the molecule is OCc1ccco1.[K]. The number of aliphatic hydroxyl groups is 1. The van der Waals surface area contributed by atoms with Crippen LogP contribution in [-0.4, -0.2) is 56.5 Å². The van der Waals surface area contributed by atoms with Crippen molar-refractivity contribution in [2.24, 2.45) is 0 Å². The zero-order chi connectivity index (χ0) is 5.11. The average molecular weight is 137 g/mol. The molecule has 0 saturated heterocycles. The van der Waals surface area contributed by atoms with Gasteiger partial charge in [-0.1, -0.05) is 0 Å². The molecule has 0 spiro atoms. The Morgan fingerprint density at radius 2 is 2.38 bits per heavy atom. The summed E-state index contributed by atoms with van der Waals surface area (Å²) in [5, 5.41) is 8.33. The van der Waals surface area contributed by atoms with Crippen LogP contribution in [0.15, 0.2) is 22.8 Å². The van der Waals surface area contributed by atoms with Gasteiger partial charge >= 0.3 is 0 Å².